The minimum absolute atomic E-state index is 0.296. The average molecular weight is 240 g/mol. The third-order valence-corrected chi connectivity index (χ3v) is 4.58. The molecule has 1 aliphatic carbocycles. The molecule has 1 heterocycles. The topological polar surface area (TPSA) is 55.1 Å². The summed E-state index contributed by atoms with van der Waals surface area (Å²) < 4.78 is 1.05. The molecule has 0 radical (unpaired) electrons. The number of carboxylic acids is 1. The third kappa shape index (κ3) is 1.96. The molecule has 1 fully saturated rings. The molecular formula is C11H16N2O2S. The molecule has 1 atom stereocenters. The fourth-order valence-corrected chi connectivity index (χ4v) is 3.16. The van der Waals surface area contributed by atoms with Gasteiger partial charge >= 0.3 is 5.97 Å². The zero-order valence-electron chi connectivity index (χ0n) is 9.73. The highest BCUT2D eigenvalue weighted by Gasteiger charge is 2.48. The van der Waals surface area contributed by atoms with Crippen molar-refractivity contribution in [3.05, 3.63) is 11.8 Å². The van der Waals surface area contributed by atoms with Gasteiger partial charge in [0.05, 0.1) is 10.7 Å². The molecule has 88 valence electrons. The molecular weight excluding hydrogens is 224 g/mol. The quantitative estimate of drug-likeness (QED) is 0.819. The SMILES string of the molecule is Cc1cc(SC(C)(C(=O)O)C2CC2)n(C)n1. The molecule has 1 saturated carbocycles. The van der Waals surface area contributed by atoms with Gasteiger partial charge in [0.15, 0.2) is 0 Å². The van der Waals surface area contributed by atoms with E-state index >= 15 is 0 Å². The zero-order chi connectivity index (χ0) is 11.9. The predicted octanol–water partition coefficient (Wildman–Crippen LogP) is 2.07. The van der Waals surface area contributed by atoms with Crippen molar-refractivity contribution in [1.82, 2.24) is 9.78 Å². The Labute approximate surface area is 99.0 Å². The van der Waals surface area contributed by atoms with Gasteiger partial charge in [-0.3, -0.25) is 9.48 Å². The monoisotopic (exact) mass is 240 g/mol. The van der Waals surface area contributed by atoms with Crippen molar-refractivity contribution in [2.45, 2.75) is 36.5 Å². The highest BCUT2D eigenvalue weighted by Crippen LogP contribution is 2.50. The molecule has 1 aliphatic rings. The molecule has 4 nitrogen and oxygen atoms in total. The summed E-state index contributed by atoms with van der Waals surface area (Å²) in [6, 6.07) is 1.94. The molecule has 5 heteroatoms. The molecule has 1 unspecified atom stereocenters. The van der Waals surface area contributed by atoms with Crippen molar-refractivity contribution in [1.29, 1.82) is 0 Å². The first-order chi connectivity index (χ1) is 7.43. The molecule has 16 heavy (non-hydrogen) atoms. The molecule has 1 N–H and O–H groups in total. The maximum Gasteiger partial charge on any atom is 0.320 e. The van der Waals surface area contributed by atoms with Gasteiger partial charge in [-0.05, 0) is 38.7 Å². The molecule has 0 aliphatic heterocycles. The second-order valence-electron chi connectivity index (χ2n) is 4.54. The van der Waals surface area contributed by atoms with Crippen LogP contribution < -0.4 is 0 Å². The Balaban J connectivity index is 2.24. The molecule has 0 amide bonds. The van der Waals surface area contributed by atoms with E-state index in [-0.39, 0.29) is 0 Å². The van der Waals surface area contributed by atoms with E-state index in [2.05, 4.69) is 5.10 Å². The third-order valence-electron chi connectivity index (χ3n) is 3.06. The molecule has 1 aromatic rings. The van der Waals surface area contributed by atoms with Crippen LogP contribution in [-0.2, 0) is 11.8 Å². The van der Waals surface area contributed by atoms with Gasteiger partial charge < -0.3 is 5.11 Å². The van der Waals surface area contributed by atoms with Crippen LogP contribution in [0.3, 0.4) is 0 Å². The Morgan fingerprint density at radius 2 is 2.31 bits per heavy atom. The lowest BCUT2D eigenvalue weighted by Crippen LogP contribution is -2.34. The molecule has 0 spiro atoms. The van der Waals surface area contributed by atoms with Crippen LogP contribution in [0.4, 0.5) is 0 Å². The van der Waals surface area contributed by atoms with E-state index in [1.54, 1.807) is 4.68 Å². The van der Waals surface area contributed by atoms with Crippen molar-refractivity contribution in [2.75, 3.05) is 0 Å². The number of hydrogen-bond acceptors (Lipinski definition) is 3. The zero-order valence-corrected chi connectivity index (χ0v) is 10.5. The standard InChI is InChI=1S/C11H16N2O2S/c1-7-6-9(13(3)12-7)16-11(2,10(14)15)8-4-5-8/h6,8H,4-5H2,1-3H3,(H,14,15). The van der Waals surface area contributed by atoms with Crippen LogP contribution in [0.25, 0.3) is 0 Å². The van der Waals surface area contributed by atoms with Crippen LogP contribution in [0.5, 0.6) is 0 Å². The number of hydrogen-bond donors (Lipinski definition) is 1. The fraction of sp³-hybridized carbons (Fsp3) is 0.636. The second-order valence-corrected chi connectivity index (χ2v) is 6.01. The maximum absolute atomic E-state index is 11.4. The van der Waals surface area contributed by atoms with E-state index in [1.807, 2.05) is 27.0 Å². The minimum atomic E-state index is -0.723. The van der Waals surface area contributed by atoms with E-state index in [9.17, 15) is 9.90 Å². The molecule has 1 aromatic heterocycles. The van der Waals surface area contributed by atoms with E-state index in [0.717, 1.165) is 23.6 Å². The maximum atomic E-state index is 11.4. The lowest BCUT2D eigenvalue weighted by atomic mass is 10.1. The average Bonchev–Trinajstić information content (AvgIpc) is 2.95. The van der Waals surface area contributed by atoms with Crippen molar-refractivity contribution in [3.63, 3.8) is 0 Å². The van der Waals surface area contributed by atoms with E-state index in [0.29, 0.717) is 5.92 Å². The summed E-state index contributed by atoms with van der Waals surface area (Å²) in [6.07, 6.45) is 2.04. The van der Waals surface area contributed by atoms with E-state index in [4.69, 9.17) is 0 Å². The van der Waals surface area contributed by atoms with Gasteiger partial charge in [-0.2, -0.15) is 5.10 Å². The summed E-state index contributed by atoms with van der Waals surface area (Å²) in [7, 11) is 1.85. The Bertz CT molecular complexity index is 426. The van der Waals surface area contributed by atoms with Gasteiger partial charge in [-0.1, -0.05) is 11.8 Å². The molecule has 0 aromatic carbocycles. The first-order valence-corrected chi connectivity index (χ1v) is 6.18. The predicted molar refractivity (Wildman–Crippen MR) is 62.6 cm³/mol. The molecule has 0 bridgehead atoms. The molecule has 2 rings (SSSR count). The van der Waals surface area contributed by atoms with Crippen molar-refractivity contribution in [3.8, 4) is 0 Å². The van der Waals surface area contributed by atoms with Gasteiger partial charge in [-0.25, -0.2) is 0 Å². The normalized spacial score (nSPS) is 19.4. The van der Waals surface area contributed by atoms with Crippen LogP contribution in [0.2, 0.25) is 0 Å². The second kappa shape index (κ2) is 3.80. The number of carboxylic acid groups (broad SMARTS) is 1. The largest absolute Gasteiger partial charge is 0.480 e. The summed E-state index contributed by atoms with van der Waals surface area (Å²) in [6.45, 7) is 3.74. The number of carbonyl (C=O) groups is 1. The van der Waals surface area contributed by atoms with E-state index < -0.39 is 10.7 Å². The Hall–Kier alpha value is -0.970. The minimum Gasteiger partial charge on any atom is -0.480 e. The van der Waals surface area contributed by atoms with Crippen LogP contribution in [0.15, 0.2) is 11.1 Å². The summed E-state index contributed by atoms with van der Waals surface area (Å²) in [5, 5.41) is 14.5. The number of nitrogens with zero attached hydrogens (tertiary/aromatic N) is 2. The number of aryl methyl sites for hydroxylation is 2. The fourth-order valence-electron chi connectivity index (χ4n) is 1.84. The van der Waals surface area contributed by atoms with Crippen molar-refractivity contribution in [2.24, 2.45) is 13.0 Å². The number of aromatic nitrogens is 2. The van der Waals surface area contributed by atoms with Gasteiger partial charge in [0.2, 0.25) is 0 Å². The Morgan fingerprint density at radius 1 is 1.69 bits per heavy atom. The van der Waals surface area contributed by atoms with Gasteiger partial charge in [-0.15, -0.1) is 0 Å². The van der Waals surface area contributed by atoms with Crippen LogP contribution in [-0.4, -0.2) is 25.6 Å². The number of rotatable bonds is 4. The van der Waals surface area contributed by atoms with Crippen LogP contribution in [0.1, 0.15) is 25.5 Å². The van der Waals surface area contributed by atoms with Gasteiger partial charge in [0.1, 0.15) is 4.75 Å². The lowest BCUT2D eigenvalue weighted by Gasteiger charge is -2.23. The van der Waals surface area contributed by atoms with E-state index in [1.165, 1.54) is 11.8 Å². The van der Waals surface area contributed by atoms with Gasteiger partial charge in [0.25, 0.3) is 0 Å². The highest BCUT2D eigenvalue weighted by molar-refractivity contribution is 8.01. The van der Waals surface area contributed by atoms with Gasteiger partial charge in [0, 0.05) is 7.05 Å². The molecule has 0 saturated heterocycles. The highest BCUT2D eigenvalue weighted by atomic mass is 32.2. The Kier molecular flexibility index (Phi) is 2.74. The summed E-state index contributed by atoms with van der Waals surface area (Å²) in [5.74, 6) is -0.427. The lowest BCUT2D eigenvalue weighted by molar-refractivity contribution is -0.139. The van der Waals surface area contributed by atoms with Crippen molar-refractivity contribution >= 4 is 17.7 Å². The summed E-state index contributed by atoms with van der Waals surface area (Å²) in [4.78, 5) is 11.4. The Morgan fingerprint density at radius 3 is 2.69 bits per heavy atom. The first-order valence-electron chi connectivity index (χ1n) is 5.36. The smallest absolute Gasteiger partial charge is 0.320 e. The first kappa shape index (κ1) is 11.5. The number of thioether (sulfide) groups is 1. The van der Waals surface area contributed by atoms with Crippen LogP contribution >= 0.6 is 11.8 Å². The summed E-state index contributed by atoms with van der Waals surface area (Å²) >= 11 is 1.42. The number of aliphatic carboxylic acids is 1. The van der Waals surface area contributed by atoms with Crippen LogP contribution in [0, 0.1) is 12.8 Å². The van der Waals surface area contributed by atoms with Crippen molar-refractivity contribution < 1.29 is 9.90 Å². The summed E-state index contributed by atoms with van der Waals surface area (Å²) in [5.41, 5.74) is 0.925.